The van der Waals surface area contributed by atoms with Crippen LogP contribution in [0.15, 0.2) is 35.4 Å². The Morgan fingerprint density at radius 2 is 2.12 bits per heavy atom. The van der Waals surface area contributed by atoms with E-state index in [0.29, 0.717) is 23.8 Å². The highest BCUT2D eigenvalue weighted by atomic mass is 32.2. The first-order valence-electron chi connectivity index (χ1n) is 8.55. The molecule has 3 rings (SSSR count). The Bertz CT molecular complexity index is 923. The number of ether oxygens (including phenoxy) is 1. The van der Waals surface area contributed by atoms with Crippen molar-refractivity contribution < 1.29 is 9.53 Å². The van der Waals surface area contributed by atoms with Crippen LogP contribution < -0.4 is 5.32 Å². The van der Waals surface area contributed by atoms with E-state index in [1.165, 1.54) is 22.2 Å². The van der Waals surface area contributed by atoms with Crippen LogP contribution in [-0.4, -0.2) is 39.8 Å². The number of aromatic nitrogens is 3. The number of benzene rings is 1. The van der Waals surface area contributed by atoms with Gasteiger partial charge in [0.1, 0.15) is 0 Å². The summed E-state index contributed by atoms with van der Waals surface area (Å²) in [6.45, 7) is 6.71. The fraction of sp³-hybridized carbons (Fsp3) is 0.316. The maximum Gasteiger partial charge on any atom is 0.341 e. The maximum atomic E-state index is 11.8. The number of nitrogens with zero attached hydrogens (tertiary/aromatic N) is 2. The third-order valence-electron chi connectivity index (χ3n) is 3.94. The van der Waals surface area contributed by atoms with Crippen molar-refractivity contribution in [3.8, 4) is 0 Å². The van der Waals surface area contributed by atoms with Gasteiger partial charge in [-0.05, 0) is 26.8 Å². The molecule has 0 fully saturated rings. The van der Waals surface area contributed by atoms with Gasteiger partial charge in [-0.2, -0.15) is 0 Å². The summed E-state index contributed by atoms with van der Waals surface area (Å²) in [5, 5.41) is 4.46. The van der Waals surface area contributed by atoms with E-state index in [4.69, 9.17) is 4.74 Å². The minimum Gasteiger partial charge on any atom is -0.462 e. The molecule has 0 saturated carbocycles. The molecule has 2 N–H and O–H groups in total. The van der Waals surface area contributed by atoms with Crippen molar-refractivity contribution in [2.24, 2.45) is 0 Å². The molecule has 0 radical (unpaired) electrons. The van der Waals surface area contributed by atoms with E-state index >= 15 is 0 Å². The first-order valence-corrected chi connectivity index (χ1v) is 9.53. The fourth-order valence-corrected chi connectivity index (χ4v) is 3.72. The van der Waals surface area contributed by atoms with Gasteiger partial charge in [0, 0.05) is 40.0 Å². The van der Waals surface area contributed by atoms with Crippen LogP contribution in [0.1, 0.15) is 28.7 Å². The summed E-state index contributed by atoms with van der Waals surface area (Å²) < 4.78 is 4.99. The molecule has 2 aromatic heterocycles. The van der Waals surface area contributed by atoms with Gasteiger partial charge in [0.25, 0.3) is 0 Å². The number of carbonyl (C=O) groups excluding carboxylic acids is 1. The number of carbonyl (C=O) groups is 1. The largest absolute Gasteiger partial charge is 0.462 e. The molecule has 3 aromatic rings. The van der Waals surface area contributed by atoms with E-state index in [0.717, 1.165) is 17.8 Å². The second-order valence-corrected chi connectivity index (χ2v) is 6.92. The molecular formula is C19H22N4O2S. The summed E-state index contributed by atoms with van der Waals surface area (Å²) in [7, 11) is 0. The van der Waals surface area contributed by atoms with Crippen LogP contribution in [0.4, 0.5) is 5.95 Å². The molecule has 0 bridgehead atoms. The molecule has 2 heterocycles. The Kier molecular flexibility index (Phi) is 5.78. The quantitative estimate of drug-likeness (QED) is 0.372. The number of hydrogen-bond donors (Lipinski definition) is 2. The number of thioether (sulfide) groups is 1. The van der Waals surface area contributed by atoms with E-state index in [-0.39, 0.29) is 5.97 Å². The standard InChI is InChI=1S/C19H22N4O2S/c1-4-25-18(24)15-11-21-19(23-12(15)2)20-9-10-26-17-13(3)22-16-8-6-5-7-14(16)17/h5-8,11,22H,4,9-10H2,1-3H3,(H,20,21,23). The highest BCUT2D eigenvalue weighted by molar-refractivity contribution is 7.99. The van der Waals surface area contributed by atoms with Crippen LogP contribution in [0.25, 0.3) is 10.9 Å². The zero-order chi connectivity index (χ0) is 18.5. The molecule has 0 aliphatic rings. The minimum atomic E-state index is -0.387. The third-order valence-corrected chi connectivity index (χ3v) is 5.16. The Morgan fingerprint density at radius 1 is 1.31 bits per heavy atom. The SMILES string of the molecule is CCOC(=O)c1cnc(NCCSc2c(C)[nH]c3ccccc23)nc1C. The summed E-state index contributed by atoms with van der Waals surface area (Å²) in [5.74, 6) is 1.01. The molecule has 0 amide bonds. The molecule has 136 valence electrons. The molecule has 0 saturated heterocycles. The number of fused-ring (bicyclic) bond motifs is 1. The van der Waals surface area contributed by atoms with E-state index in [9.17, 15) is 4.79 Å². The van der Waals surface area contributed by atoms with E-state index in [2.05, 4.69) is 45.4 Å². The number of anilines is 1. The molecule has 6 nitrogen and oxygen atoms in total. The zero-order valence-corrected chi connectivity index (χ0v) is 15.9. The Balaban J connectivity index is 1.57. The predicted molar refractivity (Wildman–Crippen MR) is 105 cm³/mol. The van der Waals surface area contributed by atoms with Crippen molar-refractivity contribution in [2.75, 3.05) is 24.2 Å². The lowest BCUT2D eigenvalue weighted by molar-refractivity contribution is 0.0524. The number of esters is 1. The topological polar surface area (TPSA) is 79.9 Å². The van der Waals surface area contributed by atoms with Crippen molar-refractivity contribution in [1.29, 1.82) is 0 Å². The molecule has 0 aliphatic carbocycles. The van der Waals surface area contributed by atoms with Crippen LogP contribution >= 0.6 is 11.8 Å². The van der Waals surface area contributed by atoms with Crippen LogP contribution in [0.2, 0.25) is 0 Å². The first-order chi connectivity index (χ1) is 12.6. The summed E-state index contributed by atoms with van der Waals surface area (Å²) in [6, 6.07) is 8.31. The van der Waals surface area contributed by atoms with Crippen molar-refractivity contribution >= 4 is 34.6 Å². The lowest BCUT2D eigenvalue weighted by Crippen LogP contribution is -2.12. The molecule has 26 heavy (non-hydrogen) atoms. The highest BCUT2D eigenvalue weighted by Crippen LogP contribution is 2.31. The Morgan fingerprint density at radius 3 is 2.88 bits per heavy atom. The van der Waals surface area contributed by atoms with Gasteiger partial charge in [0.05, 0.1) is 17.9 Å². The van der Waals surface area contributed by atoms with Crippen LogP contribution in [0.5, 0.6) is 0 Å². The number of para-hydroxylation sites is 1. The van der Waals surface area contributed by atoms with Crippen LogP contribution in [0, 0.1) is 13.8 Å². The van der Waals surface area contributed by atoms with Gasteiger partial charge in [-0.15, -0.1) is 11.8 Å². The first kappa shape index (κ1) is 18.3. The number of aryl methyl sites for hydroxylation is 2. The molecule has 7 heteroatoms. The number of H-pyrrole nitrogens is 1. The minimum absolute atomic E-state index is 0.336. The molecule has 0 unspecified atom stereocenters. The number of aromatic amines is 1. The zero-order valence-electron chi connectivity index (χ0n) is 15.1. The van der Waals surface area contributed by atoms with Gasteiger partial charge in [-0.3, -0.25) is 0 Å². The number of hydrogen-bond acceptors (Lipinski definition) is 6. The van der Waals surface area contributed by atoms with Crippen molar-refractivity contribution in [3.63, 3.8) is 0 Å². The van der Waals surface area contributed by atoms with Gasteiger partial charge in [0.2, 0.25) is 5.95 Å². The van der Waals surface area contributed by atoms with Crippen molar-refractivity contribution in [3.05, 3.63) is 47.4 Å². The Labute approximate surface area is 156 Å². The van der Waals surface area contributed by atoms with Gasteiger partial charge in [-0.1, -0.05) is 18.2 Å². The van der Waals surface area contributed by atoms with Crippen LogP contribution in [0.3, 0.4) is 0 Å². The second kappa shape index (κ2) is 8.23. The van der Waals surface area contributed by atoms with Gasteiger partial charge in [-0.25, -0.2) is 14.8 Å². The van der Waals surface area contributed by atoms with Crippen LogP contribution in [-0.2, 0) is 4.74 Å². The molecule has 1 aromatic carbocycles. The summed E-state index contributed by atoms with van der Waals surface area (Å²) in [6.07, 6.45) is 1.51. The Hall–Kier alpha value is -2.54. The molecular weight excluding hydrogens is 348 g/mol. The van der Waals surface area contributed by atoms with Gasteiger partial charge < -0.3 is 15.0 Å². The predicted octanol–water partition coefficient (Wildman–Crippen LogP) is 3.96. The number of nitrogens with one attached hydrogen (secondary N) is 2. The van der Waals surface area contributed by atoms with Gasteiger partial charge in [0.15, 0.2) is 0 Å². The monoisotopic (exact) mass is 370 g/mol. The average molecular weight is 370 g/mol. The maximum absolute atomic E-state index is 11.8. The molecule has 0 spiro atoms. The van der Waals surface area contributed by atoms with Gasteiger partial charge >= 0.3 is 5.97 Å². The normalized spacial score (nSPS) is 10.9. The lowest BCUT2D eigenvalue weighted by Gasteiger charge is -2.08. The molecule has 0 aliphatic heterocycles. The second-order valence-electron chi connectivity index (χ2n) is 5.81. The van der Waals surface area contributed by atoms with E-state index < -0.39 is 0 Å². The highest BCUT2D eigenvalue weighted by Gasteiger charge is 2.13. The van der Waals surface area contributed by atoms with E-state index in [1.54, 1.807) is 25.6 Å². The average Bonchev–Trinajstić information content (AvgIpc) is 2.94. The fourth-order valence-electron chi connectivity index (χ4n) is 2.71. The smallest absolute Gasteiger partial charge is 0.341 e. The summed E-state index contributed by atoms with van der Waals surface area (Å²) in [5.41, 5.74) is 3.36. The lowest BCUT2D eigenvalue weighted by atomic mass is 10.2. The third kappa shape index (κ3) is 3.99. The van der Waals surface area contributed by atoms with Crippen molar-refractivity contribution in [2.45, 2.75) is 25.7 Å². The number of rotatable bonds is 7. The summed E-state index contributed by atoms with van der Waals surface area (Å²) >= 11 is 1.80. The van der Waals surface area contributed by atoms with E-state index in [1.807, 2.05) is 6.07 Å². The molecule has 0 atom stereocenters. The summed E-state index contributed by atoms with van der Waals surface area (Å²) in [4.78, 5) is 25.0. The van der Waals surface area contributed by atoms with Crippen molar-refractivity contribution in [1.82, 2.24) is 15.0 Å².